The third-order valence-electron chi connectivity index (χ3n) is 7.26. The van der Waals surface area contributed by atoms with Crippen LogP contribution in [0.25, 0.3) is 11.2 Å². The number of esters is 1. The number of aryl methyl sites for hydroxylation is 2. The maximum Gasteiger partial charge on any atom is 0.338 e. The Balaban J connectivity index is 1.77. The summed E-state index contributed by atoms with van der Waals surface area (Å²) in [6.07, 6.45) is 0. The minimum atomic E-state index is -0.821. The number of aromatic nitrogens is 4. The number of nitrogens with zero attached hydrogens (tertiary/aromatic N) is 5. The largest absolute Gasteiger partial charge is 0.508 e. The van der Waals surface area contributed by atoms with E-state index in [1.807, 2.05) is 31.2 Å². The summed E-state index contributed by atoms with van der Waals surface area (Å²) in [5, 5.41) is 15.8. The summed E-state index contributed by atoms with van der Waals surface area (Å²) in [5.74, 6) is -0.384. The lowest BCUT2D eigenvalue weighted by molar-refractivity contribution is -0.139. The van der Waals surface area contributed by atoms with Crippen molar-refractivity contribution in [3.05, 3.63) is 91.8 Å². The number of phenols is 1. The van der Waals surface area contributed by atoms with Gasteiger partial charge in [0.2, 0.25) is 5.95 Å². The van der Waals surface area contributed by atoms with Crippen molar-refractivity contribution in [1.82, 2.24) is 28.9 Å². The number of likely N-dealkylation sites (N-methyl/N-ethyl adjacent to an activating group) is 1. The van der Waals surface area contributed by atoms with Gasteiger partial charge in [0.15, 0.2) is 11.2 Å². The molecule has 13 heteroatoms. The molecular formula is C29H31N7O6. The zero-order valence-electron chi connectivity index (χ0n) is 23.8. The lowest BCUT2D eigenvalue weighted by Gasteiger charge is -2.35. The molecule has 2 aromatic carbocycles. The zero-order valence-corrected chi connectivity index (χ0v) is 23.8. The number of hydrogen-bond donors (Lipinski definition) is 3. The molecule has 2 amide bonds. The molecule has 218 valence electrons. The first-order valence-corrected chi connectivity index (χ1v) is 13.2. The smallest absolute Gasteiger partial charge is 0.338 e. The standard InChI is InChI=1S/C29H31N7O6/c1-6-42-26(39)21-20(33(3)28(40)31-22(21)17-9-7-16(2)8-10-17)15-36-23-24(34(4)29(41)35(5)25(23)38)32-27(36)30-18-11-13-19(37)14-12-18/h7-14,22,37H,6,15H2,1-5H3,(H,30,32)(H,31,40). The van der Waals surface area contributed by atoms with E-state index in [1.54, 1.807) is 19.1 Å². The third-order valence-corrected chi connectivity index (χ3v) is 7.26. The number of ether oxygens (including phenoxy) is 1. The number of amides is 2. The van der Waals surface area contributed by atoms with Crippen LogP contribution in [0.15, 0.2) is 69.4 Å². The van der Waals surface area contributed by atoms with Gasteiger partial charge in [-0.1, -0.05) is 29.8 Å². The fourth-order valence-corrected chi connectivity index (χ4v) is 4.93. The molecule has 1 aliphatic rings. The molecular weight excluding hydrogens is 542 g/mol. The van der Waals surface area contributed by atoms with Crippen molar-refractivity contribution in [1.29, 1.82) is 0 Å². The molecule has 42 heavy (non-hydrogen) atoms. The number of nitrogens with one attached hydrogen (secondary N) is 2. The Morgan fingerprint density at radius 2 is 1.69 bits per heavy atom. The molecule has 13 nitrogen and oxygen atoms in total. The number of phenolic OH excluding ortho intramolecular Hbond substituents is 1. The number of urea groups is 1. The summed E-state index contributed by atoms with van der Waals surface area (Å²) in [5.41, 5.74) is 1.74. The number of anilines is 2. The van der Waals surface area contributed by atoms with Crippen molar-refractivity contribution in [2.75, 3.05) is 19.0 Å². The zero-order chi connectivity index (χ0) is 30.3. The quantitative estimate of drug-likeness (QED) is 0.225. The summed E-state index contributed by atoms with van der Waals surface area (Å²) in [6.45, 7) is 3.59. The number of fused-ring (bicyclic) bond motifs is 1. The van der Waals surface area contributed by atoms with Crippen LogP contribution in [0.5, 0.6) is 5.75 Å². The molecule has 3 N–H and O–H groups in total. The topological polar surface area (TPSA) is 153 Å². The molecule has 0 saturated heterocycles. The maximum atomic E-state index is 13.5. The Kier molecular flexibility index (Phi) is 7.33. The highest BCUT2D eigenvalue weighted by atomic mass is 16.5. The van der Waals surface area contributed by atoms with E-state index in [4.69, 9.17) is 4.74 Å². The van der Waals surface area contributed by atoms with E-state index in [0.29, 0.717) is 11.3 Å². The number of rotatable bonds is 7. The third kappa shape index (κ3) is 4.89. The van der Waals surface area contributed by atoms with Crippen LogP contribution < -0.4 is 21.9 Å². The predicted octanol–water partition coefficient (Wildman–Crippen LogP) is 2.40. The molecule has 4 aromatic rings. The Morgan fingerprint density at radius 3 is 2.33 bits per heavy atom. The van der Waals surface area contributed by atoms with Crippen molar-refractivity contribution in [2.45, 2.75) is 26.4 Å². The molecule has 3 heterocycles. The Labute approximate surface area is 240 Å². The van der Waals surface area contributed by atoms with Crippen LogP contribution in [0.4, 0.5) is 16.4 Å². The van der Waals surface area contributed by atoms with Crippen LogP contribution in [0.2, 0.25) is 0 Å². The number of benzene rings is 2. The van der Waals surface area contributed by atoms with Gasteiger partial charge in [-0.3, -0.25) is 23.4 Å². The van der Waals surface area contributed by atoms with Crippen LogP contribution in [0.3, 0.4) is 0 Å². The van der Waals surface area contributed by atoms with Crippen molar-refractivity contribution >= 4 is 34.8 Å². The molecule has 0 saturated carbocycles. The van der Waals surface area contributed by atoms with Crippen LogP contribution in [-0.4, -0.2) is 54.3 Å². The van der Waals surface area contributed by atoms with Gasteiger partial charge in [0, 0.05) is 26.8 Å². The number of carbonyl (C=O) groups excluding carboxylic acids is 2. The lowest BCUT2D eigenvalue weighted by atomic mass is 9.94. The van der Waals surface area contributed by atoms with E-state index < -0.39 is 29.3 Å². The van der Waals surface area contributed by atoms with Gasteiger partial charge in [0.25, 0.3) is 5.56 Å². The number of hydrogen-bond acceptors (Lipinski definition) is 8. The number of allylic oxidation sites excluding steroid dienone is 1. The van der Waals surface area contributed by atoms with E-state index in [2.05, 4.69) is 15.6 Å². The van der Waals surface area contributed by atoms with E-state index in [1.165, 1.54) is 47.3 Å². The molecule has 0 bridgehead atoms. The van der Waals surface area contributed by atoms with Crippen LogP contribution in [0, 0.1) is 6.92 Å². The van der Waals surface area contributed by atoms with Crippen molar-refractivity contribution in [3.8, 4) is 5.75 Å². The maximum absolute atomic E-state index is 13.5. The van der Waals surface area contributed by atoms with Gasteiger partial charge in [-0.2, -0.15) is 4.98 Å². The summed E-state index contributed by atoms with van der Waals surface area (Å²) in [7, 11) is 4.39. The second-order valence-electron chi connectivity index (χ2n) is 10.0. The summed E-state index contributed by atoms with van der Waals surface area (Å²) < 4.78 is 9.19. The second kappa shape index (κ2) is 10.9. The molecule has 5 rings (SSSR count). The minimum Gasteiger partial charge on any atom is -0.508 e. The summed E-state index contributed by atoms with van der Waals surface area (Å²) in [6, 6.07) is 12.4. The SMILES string of the molecule is CCOC(=O)C1=C(Cn2c(Nc3ccc(O)cc3)nc3c2c(=O)n(C)c(=O)n3C)N(C)C(=O)NC1c1ccc(C)cc1. The average Bonchev–Trinajstić information content (AvgIpc) is 3.32. The second-order valence-corrected chi connectivity index (χ2v) is 10.0. The van der Waals surface area contributed by atoms with Gasteiger partial charge in [-0.25, -0.2) is 14.4 Å². The monoisotopic (exact) mass is 573 g/mol. The Bertz CT molecular complexity index is 1850. The first-order valence-electron chi connectivity index (χ1n) is 13.2. The van der Waals surface area contributed by atoms with Gasteiger partial charge in [-0.15, -0.1) is 0 Å². The van der Waals surface area contributed by atoms with Crippen molar-refractivity contribution < 1.29 is 19.4 Å². The van der Waals surface area contributed by atoms with E-state index in [9.17, 15) is 24.3 Å². The molecule has 1 unspecified atom stereocenters. The number of aromatic hydroxyl groups is 1. The van der Waals surface area contributed by atoms with Crippen LogP contribution >= 0.6 is 0 Å². The highest BCUT2D eigenvalue weighted by Crippen LogP contribution is 2.33. The minimum absolute atomic E-state index is 0.0616. The van der Waals surface area contributed by atoms with E-state index in [0.717, 1.165) is 10.1 Å². The average molecular weight is 574 g/mol. The molecule has 0 radical (unpaired) electrons. The summed E-state index contributed by atoms with van der Waals surface area (Å²) in [4.78, 5) is 58.9. The predicted molar refractivity (Wildman–Crippen MR) is 155 cm³/mol. The molecule has 1 atom stereocenters. The van der Waals surface area contributed by atoms with Gasteiger partial charge >= 0.3 is 17.7 Å². The van der Waals surface area contributed by atoms with Gasteiger partial charge < -0.3 is 20.5 Å². The number of imidazole rings is 1. The fraction of sp³-hybridized carbons (Fsp3) is 0.276. The lowest BCUT2D eigenvalue weighted by Crippen LogP contribution is -2.48. The number of carbonyl (C=O) groups is 2. The molecule has 0 spiro atoms. The Hall–Kier alpha value is -5.33. The first-order chi connectivity index (χ1) is 20.0. The molecule has 0 aliphatic carbocycles. The van der Waals surface area contributed by atoms with E-state index in [-0.39, 0.29) is 47.3 Å². The Morgan fingerprint density at radius 1 is 1.02 bits per heavy atom. The van der Waals surface area contributed by atoms with Crippen molar-refractivity contribution in [2.24, 2.45) is 14.1 Å². The van der Waals surface area contributed by atoms with Crippen LogP contribution in [0.1, 0.15) is 24.1 Å². The van der Waals surface area contributed by atoms with Crippen molar-refractivity contribution in [3.63, 3.8) is 0 Å². The highest BCUT2D eigenvalue weighted by Gasteiger charge is 2.37. The molecule has 0 fully saturated rings. The molecule has 1 aliphatic heterocycles. The van der Waals surface area contributed by atoms with Crippen LogP contribution in [-0.2, 0) is 30.2 Å². The fourth-order valence-electron chi connectivity index (χ4n) is 4.93. The first kappa shape index (κ1) is 28.2. The van der Waals surface area contributed by atoms with Gasteiger partial charge in [-0.05, 0) is 43.7 Å². The van der Waals surface area contributed by atoms with Gasteiger partial charge in [0.1, 0.15) is 5.75 Å². The van der Waals surface area contributed by atoms with Gasteiger partial charge in [0.05, 0.1) is 30.5 Å². The molecule has 2 aromatic heterocycles. The summed E-state index contributed by atoms with van der Waals surface area (Å²) >= 11 is 0. The highest BCUT2D eigenvalue weighted by molar-refractivity contribution is 5.95. The normalized spacial score (nSPS) is 15.2. The van der Waals surface area contributed by atoms with E-state index >= 15 is 0 Å².